The van der Waals surface area contributed by atoms with Gasteiger partial charge in [0, 0.05) is 51.9 Å². The average Bonchev–Trinajstić information content (AvgIpc) is 3.44. The van der Waals surface area contributed by atoms with Gasteiger partial charge in [0.25, 0.3) is 0 Å². The predicted octanol–water partition coefficient (Wildman–Crippen LogP) is 7.92. The molecule has 1 saturated heterocycles. The maximum atomic E-state index is 13.7. The maximum absolute atomic E-state index is 13.7. The number of aryl methyl sites for hydroxylation is 1. The first-order chi connectivity index (χ1) is 15.8. The van der Waals surface area contributed by atoms with E-state index in [1.807, 2.05) is 12.1 Å². The van der Waals surface area contributed by atoms with Crippen LogP contribution in [0.2, 0.25) is 0 Å². The lowest BCUT2D eigenvalue weighted by molar-refractivity contribution is 0.538. The molecule has 1 aliphatic heterocycles. The van der Waals surface area contributed by atoms with Crippen molar-refractivity contribution in [1.29, 1.82) is 0 Å². The van der Waals surface area contributed by atoms with Gasteiger partial charge in [-0.25, -0.2) is 9.14 Å². The highest BCUT2D eigenvalue weighted by molar-refractivity contribution is 7.73. The first-order valence-electron chi connectivity index (χ1n) is 12.0. The molecular weight excluding hydrogens is 428 g/mol. The zero-order chi connectivity index (χ0) is 23.2. The van der Waals surface area contributed by atoms with E-state index in [0.29, 0.717) is 0 Å². The molecule has 33 heavy (non-hydrogen) atoms. The molecule has 0 saturated carbocycles. The Morgan fingerprint density at radius 1 is 0.879 bits per heavy atom. The Hall–Kier alpha value is -2.42. The quantitative estimate of drug-likeness (QED) is 0.283. The van der Waals surface area contributed by atoms with Crippen LogP contribution in [0.25, 0.3) is 21.8 Å². The van der Waals surface area contributed by atoms with Crippen LogP contribution in [-0.4, -0.2) is 27.5 Å². The van der Waals surface area contributed by atoms with E-state index in [4.69, 9.17) is 4.74 Å². The lowest BCUT2D eigenvalue weighted by Crippen LogP contribution is -2.35. The van der Waals surface area contributed by atoms with Gasteiger partial charge in [0.2, 0.25) is 0 Å². The van der Waals surface area contributed by atoms with E-state index in [-0.39, 0.29) is 11.0 Å². The van der Waals surface area contributed by atoms with Crippen LogP contribution in [0.4, 0.5) is 10.1 Å². The minimum absolute atomic E-state index is 0.0669. The van der Waals surface area contributed by atoms with Gasteiger partial charge in [-0.15, -0.1) is 0 Å². The number of fused-ring (bicyclic) bond motifs is 3. The van der Waals surface area contributed by atoms with Crippen LogP contribution in [0.1, 0.15) is 40.5 Å². The third kappa shape index (κ3) is 3.64. The molecule has 0 spiro atoms. The summed E-state index contributed by atoms with van der Waals surface area (Å²) in [5.41, 5.74) is 3.42. The molecule has 0 amide bonds. The van der Waals surface area contributed by atoms with Crippen LogP contribution < -0.4 is 5.30 Å². The summed E-state index contributed by atoms with van der Waals surface area (Å²) < 4.78 is 24.3. The number of benzene rings is 3. The second-order valence-corrected chi connectivity index (χ2v) is 13.8. The highest BCUT2D eigenvalue weighted by Gasteiger charge is 2.42. The van der Waals surface area contributed by atoms with E-state index in [1.165, 1.54) is 52.1 Å². The Labute approximate surface area is 196 Å². The van der Waals surface area contributed by atoms with Crippen LogP contribution in [0, 0.1) is 5.82 Å². The summed E-state index contributed by atoms with van der Waals surface area (Å²) in [6, 6.07) is 22.4. The number of para-hydroxylation sites is 1. The average molecular weight is 462 g/mol. The van der Waals surface area contributed by atoms with Gasteiger partial charge >= 0.3 is 0 Å². The zero-order valence-corrected chi connectivity index (χ0v) is 20.9. The second kappa shape index (κ2) is 8.42. The summed E-state index contributed by atoms with van der Waals surface area (Å²) in [6.45, 7) is 12.2. The molecule has 0 bridgehead atoms. The van der Waals surface area contributed by atoms with Crippen molar-refractivity contribution in [3.8, 4) is 0 Å². The fraction of sp³-hybridized carbons (Fsp3) is 0.357. The lowest BCUT2D eigenvalue weighted by atomic mass is 10.1. The number of nitrogens with zero attached hydrogens (tertiary/aromatic N) is 3. The Bertz CT molecular complexity index is 1360. The van der Waals surface area contributed by atoms with Gasteiger partial charge in [-0.3, -0.25) is 4.67 Å². The maximum Gasteiger partial charge on any atom is 0.123 e. The molecule has 0 N–H and O–H groups in total. The van der Waals surface area contributed by atoms with Crippen LogP contribution in [-0.2, 0) is 6.54 Å². The molecular formula is C28H33FN3P. The van der Waals surface area contributed by atoms with Gasteiger partial charge in [0.15, 0.2) is 0 Å². The van der Waals surface area contributed by atoms with E-state index in [0.717, 1.165) is 25.3 Å². The van der Waals surface area contributed by atoms with Gasteiger partial charge in [-0.1, -0.05) is 39.0 Å². The summed E-state index contributed by atoms with van der Waals surface area (Å²) in [5.74, 6) is -0.219. The lowest BCUT2D eigenvalue weighted by Gasteiger charge is -2.44. The molecule has 0 aliphatic carbocycles. The molecule has 2 heterocycles. The summed E-state index contributed by atoms with van der Waals surface area (Å²) in [6.07, 6.45) is 2.41. The Balaban J connectivity index is 1.85. The van der Waals surface area contributed by atoms with E-state index in [1.54, 1.807) is 0 Å². The zero-order valence-electron chi connectivity index (χ0n) is 20.1. The van der Waals surface area contributed by atoms with Crippen LogP contribution in [0.3, 0.4) is 0 Å². The highest BCUT2D eigenvalue weighted by atomic mass is 31.2. The van der Waals surface area contributed by atoms with Crippen molar-refractivity contribution in [3.63, 3.8) is 0 Å². The van der Waals surface area contributed by atoms with E-state index in [2.05, 4.69) is 79.4 Å². The summed E-state index contributed by atoms with van der Waals surface area (Å²) >= 11 is 0. The molecule has 172 valence electrons. The van der Waals surface area contributed by atoms with Crippen LogP contribution in [0.5, 0.6) is 0 Å². The van der Waals surface area contributed by atoms with Gasteiger partial charge in [-0.05, 0) is 68.3 Å². The monoisotopic (exact) mass is 461 g/mol. The second-order valence-electron chi connectivity index (χ2n) is 9.97. The molecule has 3 aromatic carbocycles. The standard InChI is InChI=1S/C28H33FN3P/c1-5-32-26-11-7-6-10-24(26)25-20-23(16-17-27(25)32)33(28(2,3)4,31-18-8-9-19-31)30-22-14-12-21(29)13-15-22/h6-7,10-17,20H,5,8-9,18-19H2,1-4H3. The molecule has 1 aromatic heterocycles. The Kier molecular flexibility index (Phi) is 5.71. The first-order valence-corrected chi connectivity index (χ1v) is 13.7. The van der Waals surface area contributed by atoms with Crippen molar-refractivity contribution < 1.29 is 4.39 Å². The minimum Gasteiger partial charge on any atom is -0.341 e. The number of rotatable bonds is 4. The van der Waals surface area contributed by atoms with E-state index < -0.39 is 7.21 Å². The molecule has 1 atom stereocenters. The number of hydrogen-bond donors (Lipinski definition) is 0. The fourth-order valence-corrected chi connectivity index (χ4v) is 9.90. The molecule has 1 aliphatic rings. The molecule has 5 rings (SSSR count). The van der Waals surface area contributed by atoms with Crippen molar-refractivity contribution in [2.45, 2.75) is 52.2 Å². The van der Waals surface area contributed by atoms with Crippen LogP contribution in [0.15, 0.2) is 71.5 Å². The Morgan fingerprint density at radius 3 is 2.21 bits per heavy atom. The topological polar surface area (TPSA) is 20.5 Å². The number of aromatic nitrogens is 1. The summed E-state index contributed by atoms with van der Waals surface area (Å²) in [5, 5.41) is 3.84. The van der Waals surface area contributed by atoms with Crippen molar-refractivity contribution >= 4 is 40.0 Å². The van der Waals surface area contributed by atoms with Gasteiger partial charge in [0.1, 0.15) is 5.82 Å². The molecule has 4 aromatic rings. The predicted molar refractivity (Wildman–Crippen MR) is 141 cm³/mol. The van der Waals surface area contributed by atoms with Gasteiger partial charge in [0.05, 0.1) is 12.9 Å². The van der Waals surface area contributed by atoms with Gasteiger partial charge in [-0.2, -0.15) is 0 Å². The van der Waals surface area contributed by atoms with Gasteiger partial charge < -0.3 is 4.57 Å². The minimum atomic E-state index is -2.17. The van der Waals surface area contributed by atoms with Crippen molar-refractivity contribution in [1.82, 2.24) is 9.24 Å². The first kappa shape index (κ1) is 22.4. The molecule has 3 nitrogen and oxygen atoms in total. The SMILES string of the molecule is CCn1c2ccccc2c2cc(P(=Nc3ccc(F)cc3)(N3CCCC3)C(C)(C)C)ccc21. The van der Waals surface area contributed by atoms with Crippen molar-refractivity contribution in [3.05, 3.63) is 72.5 Å². The Morgan fingerprint density at radius 2 is 1.55 bits per heavy atom. The summed E-state index contributed by atoms with van der Waals surface area (Å²) in [4.78, 5) is 0. The molecule has 1 unspecified atom stereocenters. The molecule has 1 fully saturated rings. The molecule has 5 heteroatoms. The third-order valence-electron chi connectivity index (χ3n) is 6.95. The smallest absolute Gasteiger partial charge is 0.123 e. The van der Waals surface area contributed by atoms with E-state index >= 15 is 0 Å². The number of halogens is 1. The van der Waals surface area contributed by atoms with Crippen molar-refractivity contribution in [2.75, 3.05) is 13.1 Å². The van der Waals surface area contributed by atoms with E-state index in [9.17, 15) is 4.39 Å². The van der Waals surface area contributed by atoms with Crippen molar-refractivity contribution in [2.24, 2.45) is 4.74 Å². The largest absolute Gasteiger partial charge is 0.341 e. The normalized spacial score (nSPS) is 17.0. The summed E-state index contributed by atoms with van der Waals surface area (Å²) in [7, 11) is -2.17. The highest BCUT2D eigenvalue weighted by Crippen LogP contribution is 2.65. The molecule has 0 radical (unpaired) electrons. The third-order valence-corrected chi connectivity index (χ3v) is 11.6. The fourth-order valence-electron chi connectivity index (χ4n) is 5.49. The number of hydrogen-bond acceptors (Lipinski definition) is 1. The van der Waals surface area contributed by atoms with Crippen LogP contribution >= 0.6 is 7.21 Å².